The Morgan fingerprint density at radius 1 is 1.08 bits per heavy atom. The van der Waals surface area contributed by atoms with Crippen LogP contribution in [0.3, 0.4) is 0 Å². The number of carboxylic acids is 1. The van der Waals surface area contributed by atoms with Crippen LogP contribution in [-0.2, 0) is 9.59 Å². The van der Waals surface area contributed by atoms with Gasteiger partial charge in [0, 0.05) is 69.0 Å². The van der Waals surface area contributed by atoms with Crippen LogP contribution in [0, 0.1) is 17.3 Å². The Balaban J connectivity index is 0.000000426. The number of aromatic nitrogens is 3. The molecule has 13 heteroatoms. The number of halogens is 3. The van der Waals surface area contributed by atoms with Gasteiger partial charge in [-0.2, -0.15) is 13.2 Å². The lowest BCUT2D eigenvalue weighted by molar-refractivity contribution is -0.192. The van der Waals surface area contributed by atoms with Crippen molar-refractivity contribution in [1.29, 1.82) is 0 Å². The summed E-state index contributed by atoms with van der Waals surface area (Å²) in [6.07, 6.45) is 5.63. The molecule has 0 bridgehead atoms. The fourth-order valence-electron chi connectivity index (χ4n) is 5.01. The Morgan fingerprint density at radius 3 is 2.34 bits per heavy atom. The van der Waals surface area contributed by atoms with Crippen molar-refractivity contribution in [2.45, 2.75) is 31.9 Å². The number of pyridine rings is 1. The largest absolute Gasteiger partial charge is 0.490 e. The summed E-state index contributed by atoms with van der Waals surface area (Å²) in [5.41, 5.74) is 0.114. The number of alkyl halides is 3. The van der Waals surface area contributed by atoms with Crippen LogP contribution < -0.4 is 10.2 Å². The van der Waals surface area contributed by atoms with Crippen LogP contribution in [0.1, 0.15) is 36.0 Å². The third kappa shape index (κ3) is 6.37. The van der Waals surface area contributed by atoms with E-state index in [1.165, 1.54) is 12.8 Å². The minimum atomic E-state index is -5.08. The number of fused-ring (bicyclic) bond motifs is 1. The molecule has 3 aliphatic rings. The van der Waals surface area contributed by atoms with Crippen LogP contribution in [0.15, 0.2) is 43.0 Å². The first kappa shape index (κ1) is 27.3. The summed E-state index contributed by atoms with van der Waals surface area (Å²) >= 11 is 0. The highest BCUT2D eigenvalue weighted by molar-refractivity contribution is 5.94. The average Bonchev–Trinajstić information content (AvgIpc) is 3.70. The molecule has 2 amide bonds. The lowest BCUT2D eigenvalue weighted by Crippen LogP contribution is -2.48. The van der Waals surface area contributed by atoms with Crippen LogP contribution in [0.5, 0.6) is 0 Å². The summed E-state index contributed by atoms with van der Waals surface area (Å²) in [6, 6.07) is 5.30. The Kier molecular flexibility index (Phi) is 8.12. The number of hydrogen-bond acceptors (Lipinski definition) is 7. The van der Waals surface area contributed by atoms with Gasteiger partial charge in [0.15, 0.2) is 0 Å². The van der Waals surface area contributed by atoms with Gasteiger partial charge in [-0.25, -0.2) is 14.8 Å². The smallest absolute Gasteiger partial charge is 0.475 e. The number of likely N-dealkylation sites (tertiary alicyclic amines) is 1. The highest BCUT2D eigenvalue weighted by Crippen LogP contribution is 2.44. The molecule has 2 N–H and O–H groups in total. The summed E-state index contributed by atoms with van der Waals surface area (Å²) in [4.78, 5) is 52.4. The van der Waals surface area contributed by atoms with E-state index in [2.05, 4.69) is 25.2 Å². The molecule has 10 nitrogen and oxygen atoms in total. The quantitative estimate of drug-likeness (QED) is 0.599. The van der Waals surface area contributed by atoms with Gasteiger partial charge in [0.2, 0.25) is 11.9 Å². The zero-order valence-corrected chi connectivity index (χ0v) is 20.6. The zero-order chi connectivity index (χ0) is 27.3. The van der Waals surface area contributed by atoms with Crippen molar-refractivity contribution in [3.05, 3.63) is 48.5 Å². The number of aliphatic carboxylic acids is 1. The Hall–Kier alpha value is -3.77. The Morgan fingerprint density at radius 2 is 1.74 bits per heavy atom. The van der Waals surface area contributed by atoms with E-state index in [0.717, 1.165) is 19.4 Å². The highest BCUT2D eigenvalue weighted by Gasteiger charge is 2.54. The van der Waals surface area contributed by atoms with Gasteiger partial charge in [-0.1, -0.05) is 0 Å². The van der Waals surface area contributed by atoms with Gasteiger partial charge in [-0.3, -0.25) is 14.6 Å². The molecule has 2 aromatic heterocycles. The maximum absolute atomic E-state index is 13.5. The summed E-state index contributed by atoms with van der Waals surface area (Å²) in [6.45, 7) is 3.24. The van der Waals surface area contributed by atoms with Crippen LogP contribution in [0.4, 0.5) is 19.1 Å². The van der Waals surface area contributed by atoms with Crippen molar-refractivity contribution in [2.75, 3.05) is 37.6 Å². The van der Waals surface area contributed by atoms with Crippen molar-refractivity contribution in [3.8, 4) is 0 Å². The van der Waals surface area contributed by atoms with E-state index in [4.69, 9.17) is 9.90 Å². The molecule has 0 spiro atoms. The monoisotopic (exact) mass is 534 g/mol. The first-order chi connectivity index (χ1) is 18.1. The molecule has 0 unspecified atom stereocenters. The summed E-state index contributed by atoms with van der Waals surface area (Å²) in [7, 11) is 0. The molecule has 0 aromatic carbocycles. The second kappa shape index (κ2) is 11.3. The van der Waals surface area contributed by atoms with E-state index >= 15 is 0 Å². The fraction of sp³-hybridized carbons (Fsp3) is 0.520. The number of carbonyl (C=O) groups excluding carboxylic acids is 2. The van der Waals surface area contributed by atoms with E-state index in [1.54, 1.807) is 43.0 Å². The number of nitrogens with zero attached hydrogens (tertiary/aromatic N) is 5. The van der Waals surface area contributed by atoms with Gasteiger partial charge in [0.25, 0.3) is 5.91 Å². The van der Waals surface area contributed by atoms with Gasteiger partial charge in [0.05, 0.1) is 5.41 Å². The topological polar surface area (TPSA) is 129 Å². The van der Waals surface area contributed by atoms with E-state index in [1.807, 2.05) is 4.90 Å². The van der Waals surface area contributed by atoms with Gasteiger partial charge in [-0.15, -0.1) is 0 Å². The third-order valence-electron chi connectivity index (χ3n) is 7.18. The van der Waals surface area contributed by atoms with Crippen molar-refractivity contribution in [2.24, 2.45) is 17.3 Å². The van der Waals surface area contributed by atoms with E-state index in [9.17, 15) is 22.8 Å². The lowest BCUT2D eigenvalue weighted by atomic mass is 9.74. The molecule has 2 atom stereocenters. The maximum atomic E-state index is 13.5. The normalized spacial score (nSPS) is 23.0. The van der Waals surface area contributed by atoms with E-state index < -0.39 is 17.6 Å². The number of anilines is 1. The molecule has 1 aliphatic carbocycles. The minimum Gasteiger partial charge on any atom is -0.475 e. The molecule has 4 heterocycles. The second-order valence-corrected chi connectivity index (χ2v) is 9.83. The molecule has 5 rings (SSSR count). The Labute approximate surface area is 217 Å². The second-order valence-electron chi connectivity index (χ2n) is 9.83. The first-order valence-electron chi connectivity index (χ1n) is 12.4. The number of carbonyl (C=O) groups is 3. The number of carboxylic acid groups (broad SMARTS) is 1. The van der Waals surface area contributed by atoms with Gasteiger partial charge < -0.3 is 20.2 Å². The molecule has 38 heavy (non-hydrogen) atoms. The summed E-state index contributed by atoms with van der Waals surface area (Å²) in [5, 5.41) is 10.4. The molecule has 2 aliphatic heterocycles. The third-order valence-corrected chi connectivity index (χ3v) is 7.18. The van der Waals surface area contributed by atoms with Crippen molar-refractivity contribution < 1.29 is 32.7 Å². The molecule has 1 saturated carbocycles. The van der Waals surface area contributed by atoms with E-state index in [0.29, 0.717) is 43.6 Å². The first-order valence-corrected chi connectivity index (χ1v) is 12.4. The fourth-order valence-corrected chi connectivity index (χ4v) is 5.01. The minimum absolute atomic E-state index is 0.00556. The van der Waals surface area contributed by atoms with Gasteiger partial charge >= 0.3 is 12.1 Å². The molecule has 2 aromatic rings. The predicted octanol–water partition coefficient (Wildman–Crippen LogP) is 2.39. The lowest BCUT2D eigenvalue weighted by Gasteiger charge is -2.32. The van der Waals surface area contributed by atoms with E-state index in [-0.39, 0.29) is 17.7 Å². The van der Waals surface area contributed by atoms with Crippen LogP contribution in [-0.4, -0.2) is 81.6 Å². The molecule has 0 radical (unpaired) electrons. The molecular formula is C25H29F3N6O4. The average molecular weight is 535 g/mol. The number of nitrogens with one attached hydrogen (secondary N) is 1. The summed E-state index contributed by atoms with van der Waals surface area (Å²) in [5.74, 6) is -1.32. The molecular weight excluding hydrogens is 505 g/mol. The molecule has 204 valence electrons. The number of amides is 2. The zero-order valence-electron chi connectivity index (χ0n) is 20.6. The van der Waals surface area contributed by atoms with Crippen LogP contribution >= 0.6 is 0 Å². The Bertz CT molecular complexity index is 1130. The number of rotatable bonds is 5. The predicted molar refractivity (Wildman–Crippen MR) is 129 cm³/mol. The highest BCUT2D eigenvalue weighted by atomic mass is 19.4. The van der Waals surface area contributed by atoms with Crippen LogP contribution in [0.25, 0.3) is 0 Å². The maximum Gasteiger partial charge on any atom is 0.490 e. The van der Waals surface area contributed by atoms with Gasteiger partial charge in [-0.05, 0) is 49.8 Å². The van der Waals surface area contributed by atoms with Gasteiger partial charge in [0.1, 0.15) is 0 Å². The molecule has 2 saturated heterocycles. The van der Waals surface area contributed by atoms with Crippen LogP contribution in [0.2, 0.25) is 0 Å². The molecule has 3 fully saturated rings. The van der Waals surface area contributed by atoms with Crippen molar-refractivity contribution in [1.82, 2.24) is 25.2 Å². The standard InChI is InChI=1S/C23H28N6O2.C2HF3O2/c30-20(18-5-10-24-11-6-18)28-12-1-7-23(21(31)27-13-17-3-4-17)16-29(15-19(23)14-28)22-25-8-2-9-26-22;3-2(4,5)1(6)7/h2,5-6,8-11,17,19H,1,3-4,7,12-16H2,(H,27,31);(H,6,7)/t19-,23+;/m0./s1. The SMILES string of the molecule is O=C(O)C(F)(F)F.O=C(c1ccncc1)N1CCC[C@@]2(C(=O)NCC3CC3)CN(c3ncccn3)C[C@@H]2C1. The number of hydrogen-bond donors (Lipinski definition) is 2. The van der Waals surface area contributed by atoms with Crippen molar-refractivity contribution in [3.63, 3.8) is 0 Å². The summed E-state index contributed by atoms with van der Waals surface area (Å²) < 4.78 is 31.7. The van der Waals surface area contributed by atoms with Crippen molar-refractivity contribution >= 4 is 23.7 Å².